The van der Waals surface area contributed by atoms with E-state index in [2.05, 4.69) is 15.5 Å². The van der Waals surface area contributed by atoms with Crippen LogP contribution in [0.15, 0.2) is 12.3 Å². The Morgan fingerprint density at radius 2 is 2.15 bits per heavy atom. The molecule has 0 fully saturated rings. The van der Waals surface area contributed by atoms with Gasteiger partial charge >= 0.3 is 6.09 Å². The number of amides is 1. The van der Waals surface area contributed by atoms with E-state index >= 15 is 0 Å². The van der Waals surface area contributed by atoms with Crippen LogP contribution in [0.2, 0.25) is 5.02 Å². The van der Waals surface area contributed by atoms with Crippen molar-refractivity contribution in [2.24, 2.45) is 0 Å². The van der Waals surface area contributed by atoms with Crippen molar-refractivity contribution < 1.29 is 24.5 Å². The Morgan fingerprint density at radius 3 is 2.77 bits per heavy atom. The van der Waals surface area contributed by atoms with Crippen LogP contribution in [0.25, 0.3) is 10.9 Å². The minimum atomic E-state index is -1.04. The summed E-state index contributed by atoms with van der Waals surface area (Å²) < 4.78 is 11.0. The maximum atomic E-state index is 12.1. The van der Waals surface area contributed by atoms with Gasteiger partial charge in [-0.25, -0.2) is 4.79 Å². The number of rotatable bonds is 6. The van der Waals surface area contributed by atoms with Crippen molar-refractivity contribution in [2.45, 2.75) is 45.4 Å². The van der Waals surface area contributed by atoms with Gasteiger partial charge in [-0.05, 0) is 33.8 Å². The fourth-order valence-electron chi connectivity index (χ4n) is 2.34. The van der Waals surface area contributed by atoms with E-state index in [-0.39, 0.29) is 6.61 Å². The first-order chi connectivity index (χ1) is 12.1. The van der Waals surface area contributed by atoms with Crippen LogP contribution in [0, 0.1) is 0 Å². The number of halogens is 1. The van der Waals surface area contributed by atoms with Crippen LogP contribution < -0.4 is 10.1 Å². The average Bonchev–Trinajstić information content (AvgIpc) is 3.01. The van der Waals surface area contributed by atoms with E-state index in [0.29, 0.717) is 27.2 Å². The SMILES string of the molecule is CC(NC(=O)OC(C)(C)C)c1cc(Cl)c2cn[nH]c2c1OCC(O)CO. The molecule has 2 unspecified atom stereocenters. The van der Waals surface area contributed by atoms with Crippen LogP contribution in [0.4, 0.5) is 4.79 Å². The summed E-state index contributed by atoms with van der Waals surface area (Å²) in [4.78, 5) is 12.1. The lowest BCUT2D eigenvalue weighted by Gasteiger charge is -2.23. The number of nitrogens with one attached hydrogen (secondary N) is 2. The van der Waals surface area contributed by atoms with Gasteiger partial charge in [-0.3, -0.25) is 5.10 Å². The number of hydrogen-bond donors (Lipinski definition) is 4. The number of H-pyrrole nitrogens is 1. The Balaban J connectivity index is 2.33. The number of aliphatic hydroxyl groups is 2. The zero-order valence-corrected chi connectivity index (χ0v) is 15.9. The third-order valence-electron chi connectivity index (χ3n) is 3.50. The fourth-order valence-corrected chi connectivity index (χ4v) is 2.60. The second kappa shape index (κ2) is 8.11. The van der Waals surface area contributed by atoms with Crippen molar-refractivity contribution in [2.75, 3.05) is 13.2 Å². The lowest BCUT2D eigenvalue weighted by atomic mass is 10.0. The Morgan fingerprint density at radius 1 is 1.46 bits per heavy atom. The van der Waals surface area contributed by atoms with Gasteiger partial charge in [-0.2, -0.15) is 5.10 Å². The van der Waals surface area contributed by atoms with Gasteiger partial charge in [0.2, 0.25) is 0 Å². The van der Waals surface area contributed by atoms with Gasteiger partial charge in [0.05, 0.1) is 23.9 Å². The molecule has 0 aliphatic rings. The van der Waals surface area contributed by atoms with E-state index in [9.17, 15) is 9.90 Å². The van der Waals surface area contributed by atoms with Crippen molar-refractivity contribution in [1.82, 2.24) is 15.5 Å². The molecule has 4 N–H and O–H groups in total. The molecule has 0 bridgehead atoms. The highest BCUT2D eigenvalue weighted by Gasteiger charge is 2.23. The van der Waals surface area contributed by atoms with Gasteiger partial charge in [0.1, 0.15) is 29.6 Å². The predicted molar refractivity (Wildman–Crippen MR) is 97.5 cm³/mol. The Kier molecular flexibility index (Phi) is 6.33. The van der Waals surface area contributed by atoms with Gasteiger partial charge in [0.15, 0.2) is 0 Å². The average molecular weight is 386 g/mol. The smallest absolute Gasteiger partial charge is 0.408 e. The number of carbonyl (C=O) groups excluding carboxylic acids is 1. The maximum absolute atomic E-state index is 12.1. The van der Waals surface area contributed by atoms with Gasteiger partial charge < -0.3 is 25.0 Å². The van der Waals surface area contributed by atoms with E-state index in [4.69, 9.17) is 26.2 Å². The number of ether oxygens (including phenoxy) is 2. The zero-order valence-electron chi connectivity index (χ0n) is 15.2. The number of aromatic amines is 1. The van der Waals surface area contributed by atoms with E-state index in [0.717, 1.165) is 0 Å². The molecule has 1 aromatic heterocycles. The number of carbonyl (C=O) groups is 1. The largest absolute Gasteiger partial charge is 0.488 e. The van der Waals surface area contributed by atoms with E-state index in [1.165, 1.54) is 0 Å². The third kappa shape index (κ3) is 5.00. The summed E-state index contributed by atoms with van der Waals surface area (Å²) in [6.45, 7) is 6.52. The summed E-state index contributed by atoms with van der Waals surface area (Å²) in [5.41, 5.74) is 0.498. The molecule has 9 heteroatoms. The number of benzene rings is 1. The lowest BCUT2D eigenvalue weighted by Crippen LogP contribution is -2.34. The van der Waals surface area contributed by atoms with Crippen LogP contribution in [0.1, 0.15) is 39.3 Å². The quantitative estimate of drug-likeness (QED) is 0.607. The maximum Gasteiger partial charge on any atom is 0.408 e. The van der Waals surface area contributed by atoms with Crippen molar-refractivity contribution in [1.29, 1.82) is 0 Å². The summed E-state index contributed by atoms with van der Waals surface area (Å²) in [7, 11) is 0. The molecule has 0 spiro atoms. The summed E-state index contributed by atoms with van der Waals surface area (Å²) in [5, 5.41) is 29.2. The molecular formula is C17H24ClN3O5. The normalized spacial score (nSPS) is 14.1. The molecular weight excluding hydrogens is 362 g/mol. The van der Waals surface area contributed by atoms with Gasteiger partial charge in [0.25, 0.3) is 0 Å². The second-order valence-corrected chi connectivity index (χ2v) is 7.36. The van der Waals surface area contributed by atoms with Crippen LogP contribution in [-0.4, -0.2) is 51.4 Å². The lowest BCUT2D eigenvalue weighted by molar-refractivity contribution is 0.0496. The molecule has 1 heterocycles. The summed E-state index contributed by atoms with van der Waals surface area (Å²) in [5.74, 6) is 0.387. The number of alkyl carbamates (subject to hydrolysis) is 1. The van der Waals surface area contributed by atoms with Crippen LogP contribution in [0.5, 0.6) is 5.75 Å². The highest BCUT2D eigenvalue weighted by atomic mass is 35.5. The first-order valence-electron chi connectivity index (χ1n) is 8.19. The minimum absolute atomic E-state index is 0.127. The highest BCUT2D eigenvalue weighted by Crippen LogP contribution is 2.37. The van der Waals surface area contributed by atoms with Gasteiger partial charge in [-0.15, -0.1) is 0 Å². The summed E-state index contributed by atoms with van der Waals surface area (Å²) >= 11 is 6.30. The Labute approximate surface area is 156 Å². The molecule has 2 atom stereocenters. The molecule has 0 aliphatic carbocycles. The Bertz CT molecular complexity index is 772. The van der Waals surface area contributed by atoms with Crippen LogP contribution >= 0.6 is 11.6 Å². The minimum Gasteiger partial charge on any atom is -0.488 e. The van der Waals surface area contributed by atoms with E-state index < -0.39 is 30.4 Å². The number of aromatic nitrogens is 2. The molecule has 0 saturated carbocycles. The van der Waals surface area contributed by atoms with Crippen LogP contribution in [0.3, 0.4) is 0 Å². The molecule has 8 nitrogen and oxygen atoms in total. The molecule has 1 aromatic carbocycles. The van der Waals surface area contributed by atoms with Crippen LogP contribution in [-0.2, 0) is 4.74 Å². The topological polar surface area (TPSA) is 117 Å². The fraction of sp³-hybridized carbons (Fsp3) is 0.529. The summed E-state index contributed by atoms with van der Waals surface area (Å²) in [6.07, 6.45) is -0.0549. The number of nitrogens with zero attached hydrogens (tertiary/aromatic N) is 1. The zero-order chi connectivity index (χ0) is 19.5. The monoisotopic (exact) mass is 385 g/mol. The van der Waals surface area contributed by atoms with E-state index in [1.54, 1.807) is 40.0 Å². The van der Waals surface area contributed by atoms with E-state index in [1.807, 2.05) is 0 Å². The first-order valence-corrected chi connectivity index (χ1v) is 8.57. The summed E-state index contributed by atoms with van der Waals surface area (Å²) in [6, 6.07) is 1.18. The van der Waals surface area contributed by atoms with Gasteiger partial charge in [0, 0.05) is 10.9 Å². The highest BCUT2D eigenvalue weighted by molar-refractivity contribution is 6.35. The van der Waals surface area contributed by atoms with Crippen molar-refractivity contribution in [3.8, 4) is 5.75 Å². The predicted octanol–water partition coefficient (Wildman–Crippen LogP) is 2.53. The molecule has 0 aliphatic heterocycles. The standard InChI is InChI=1S/C17H24ClN3O5/c1-9(20-16(24)26-17(2,3)4)11-5-13(18)12-6-19-21-14(12)15(11)25-8-10(23)7-22/h5-6,9-10,22-23H,7-8H2,1-4H3,(H,19,21)(H,20,24). The molecule has 1 amide bonds. The van der Waals surface area contributed by atoms with Crippen molar-refractivity contribution in [3.63, 3.8) is 0 Å². The number of hydrogen-bond acceptors (Lipinski definition) is 6. The molecule has 26 heavy (non-hydrogen) atoms. The molecule has 2 aromatic rings. The molecule has 2 rings (SSSR count). The molecule has 0 saturated heterocycles. The number of aliphatic hydroxyl groups excluding tert-OH is 2. The number of fused-ring (bicyclic) bond motifs is 1. The Hall–Kier alpha value is -2.03. The second-order valence-electron chi connectivity index (χ2n) is 6.95. The van der Waals surface area contributed by atoms with Crippen molar-refractivity contribution >= 4 is 28.6 Å². The first kappa shape index (κ1) is 20.3. The molecule has 144 valence electrons. The third-order valence-corrected chi connectivity index (χ3v) is 3.81. The van der Waals surface area contributed by atoms with Crippen molar-refractivity contribution in [3.05, 3.63) is 22.8 Å². The molecule has 0 radical (unpaired) electrons. The van der Waals surface area contributed by atoms with Gasteiger partial charge in [-0.1, -0.05) is 11.6 Å².